The molecule has 1 aliphatic carbocycles. The van der Waals surface area contributed by atoms with E-state index >= 15 is 0 Å². The average Bonchev–Trinajstić information content (AvgIpc) is 3.59. The Morgan fingerprint density at radius 3 is 2.25 bits per heavy atom. The van der Waals surface area contributed by atoms with Gasteiger partial charge in [-0.1, -0.05) is 102 Å². The molecule has 1 atom stereocenters. The number of rotatable bonds is 13. The number of hydrogen-bond donors (Lipinski definition) is 1. The van der Waals surface area contributed by atoms with Gasteiger partial charge in [0.15, 0.2) is 0 Å². The Morgan fingerprint density at radius 1 is 0.917 bits per heavy atom. The van der Waals surface area contributed by atoms with E-state index in [0.29, 0.717) is 10.6 Å². The van der Waals surface area contributed by atoms with Crippen molar-refractivity contribution >= 4 is 50.7 Å². The summed E-state index contributed by atoms with van der Waals surface area (Å²) in [5.41, 5.74) is 2.43. The number of ether oxygens (including phenoxy) is 1. The molecule has 0 unspecified atom stereocenters. The molecule has 0 heterocycles. The van der Waals surface area contributed by atoms with Gasteiger partial charge in [-0.05, 0) is 67.3 Å². The molecule has 0 spiro atoms. The van der Waals surface area contributed by atoms with Crippen molar-refractivity contribution in [2.24, 2.45) is 0 Å². The van der Waals surface area contributed by atoms with Crippen LogP contribution in [0.4, 0.5) is 5.69 Å². The molecule has 1 aliphatic rings. The number of amides is 2. The van der Waals surface area contributed by atoms with Crippen LogP contribution in [0.1, 0.15) is 42.4 Å². The fourth-order valence-electron chi connectivity index (χ4n) is 5.94. The summed E-state index contributed by atoms with van der Waals surface area (Å²) in [4.78, 5) is 30.3. The van der Waals surface area contributed by atoms with E-state index in [0.717, 1.165) is 41.1 Å². The van der Waals surface area contributed by atoms with Crippen LogP contribution >= 0.6 is 23.2 Å². The molecule has 2 amide bonds. The fourth-order valence-corrected chi connectivity index (χ4v) is 7.72. The third kappa shape index (κ3) is 8.50. The van der Waals surface area contributed by atoms with E-state index in [1.807, 2.05) is 37.3 Å². The highest BCUT2D eigenvalue weighted by Crippen LogP contribution is 2.35. The normalized spacial score (nSPS) is 13.9. The molecule has 48 heavy (non-hydrogen) atoms. The molecule has 0 saturated heterocycles. The Hall–Kier alpha value is -4.05. The first-order chi connectivity index (χ1) is 23.1. The summed E-state index contributed by atoms with van der Waals surface area (Å²) in [6.07, 6.45) is 3.97. The lowest BCUT2D eigenvalue weighted by molar-refractivity contribution is -0.140. The van der Waals surface area contributed by atoms with Crippen molar-refractivity contribution in [2.45, 2.75) is 62.6 Å². The van der Waals surface area contributed by atoms with Crippen molar-refractivity contribution in [3.63, 3.8) is 0 Å². The largest absolute Gasteiger partial charge is 0.495 e. The highest BCUT2D eigenvalue weighted by Gasteiger charge is 2.36. The smallest absolute Gasteiger partial charge is 0.264 e. The summed E-state index contributed by atoms with van der Waals surface area (Å²) in [5.74, 6) is -0.699. The van der Waals surface area contributed by atoms with Gasteiger partial charge in [0.2, 0.25) is 11.8 Å². The zero-order valence-electron chi connectivity index (χ0n) is 26.9. The second-order valence-corrected chi connectivity index (χ2v) is 14.7. The second-order valence-electron chi connectivity index (χ2n) is 11.9. The zero-order chi connectivity index (χ0) is 34.3. The number of methoxy groups -OCH3 is 1. The molecule has 0 aromatic heterocycles. The summed E-state index contributed by atoms with van der Waals surface area (Å²) < 4.78 is 35.3. The SMILES string of the molecule is COc1ccc(Cl)cc1N(CC(=O)N(Cc1ccccc1Cl)[C@H](Cc1ccccc1)C(=O)NC1CCCC1)S(=O)(=O)c1ccc(C)cc1. The number of carbonyl (C=O) groups is 2. The van der Waals surface area contributed by atoms with E-state index in [4.69, 9.17) is 27.9 Å². The van der Waals surface area contributed by atoms with Crippen molar-refractivity contribution in [3.05, 3.63) is 124 Å². The summed E-state index contributed by atoms with van der Waals surface area (Å²) >= 11 is 13.0. The van der Waals surface area contributed by atoms with E-state index in [9.17, 15) is 18.0 Å². The maximum absolute atomic E-state index is 14.8. The van der Waals surface area contributed by atoms with E-state index in [-0.39, 0.29) is 46.3 Å². The molecule has 8 nitrogen and oxygen atoms in total. The molecule has 4 aromatic carbocycles. The van der Waals surface area contributed by atoms with E-state index in [2.05, 4.69) is 5.32 Å². The fraction of sp³-hybridized carbons (Fsp3) is 0.297. The lowest BCUT2D eigenvalue weighted by atomic mass is 10.0. The van der Waals surface area contributed by atoms with Gasteiger partial charge < -0.3 is 15.0 Å². The highest BCUT2D eigenvalue weighted by molar-refractivity contribution is 7.92. The molecule has 4 aromatic rings. The van der Waals surface area contributed by atoms with Crippen LogP contribution in [0.2, 0.25) is 10.0 Å². The van der Waals surface area contributed by atoms with Crippen LogP contribution in [-0.4, -0.2) is 50.9 Å². The first-order valence-electron chi connectivity index (χ1n) is 15.9. The first kappa shape index (κ1) is 35.3. The van der Waals surface area contributed by atoms with Gasteiger partial charge in [-0.2, -0.15) is 0 Å². The molecule has 0 aliphatic heterocycles. The van der Waals surface area contributed by atoms with E-state index < -0.39 is 28.5 Å². The van der Waals surface area contributed by atoms with Crippen LogP contribution in [0.5, 0.6) is 5.75 Å². The topological polar surface area (TPSA) is 96.0 Å². The van der Waals surface area contributed by atoms with Crippen molar-refractivity contribution in [1.29, 1.82) is 0 Å². The molecular weight excluding hydrogens is 669 g/mol. The van der Waals surface area contributed by atoms with E-state index in [1.54, 1.807) is 48.5 Å². The predicted molar refractivity (Wildman–Crippen MR) is 190 cm³/mol. The van der Waals surface area contributed by atoms with Crippen LogP contribution in [0.25, 0.3) is 0 Å². The van der Waals surface area contributed by atoms with Crippen LogP contribution in [0, 0.1) is 6.92 Å². The minimum atomic E-state index is -4.33. The zero-order valence-corrected chi connectivity index (χ0v) is 29.3. The molecule has 5 rings (SSSR count). The maximum atomic E-state index is 14.8. The van der Waals surface area contributed by atoms with Gasteiger partial charge >= 0.3 is 0 Å². The van der Waals surface area contributed by atoms with Crippen LogP contribution < -0.4 is 14.4 Å². The van der Waals surface area contributed by atoms with Gasteiger partial charge in [0, 0.05) is 29.1 Å². The number of halogens is 2. The molecule has 1 N–H and O–H groups in total. The number of aryl methyl sites for hydroxylation is 1. The quantitative estimate of drug-likeness (QED) is 0.159. The Bertz CT molecular complexity index is 1830. The Kier molecular flexibility index (Phi) is 11.7. The minimum absolute atomic E-state index is 0.00201. The Balaban J connectivity index is 1.61. The maximum Gasteiger partial charge on any atom is 0.264 e. The third-order valence-corrected chi connectivity index (χ3v) is 10.9. The molecule has 252 valence electrons. The van der Waals surface area contributed by atoms with Gasteiger partial charge in [0.25, 0.3) is 10.0 Å². The summed E-state index contributed by atoms with van der Waals surface area (Å²) in [6.45, 7) is 1.19. The number of carbonyl (C=O) groups excluding carboxylic acids is 2. The average molecular weight is 709 g/mol. The number of benzene rings is 4. The van der Waals surface area contributed by atoms with Crippen molar-refractivity contribution in [3.8, 4) is 5.75 Å². The second kappa shape index (κ2) is 15.9. The number of sulfonamides is 1. The van der Waals surface area contributed by atoms with Crippen molar-refractivity contribution in [2.75, 3.05) is 18.0 Å². The first-order valence-corrected chi connectivity index (χ1v) is 18.1. The lowest BCUT2D eigenvalue weighted by Crippen LogP contribution is -2.54. The van der Waals surface area contributed by atoms with Crippen LogP contribution in [0.3, 0.4) is 0 Å². The monoisotopic (exact) mass is 707 g/mol. The van der Waals surface area contributed by atoms with Crippen molar-refractivity contribution in [1.82, 2.24) is 10.2 Å². The van der Waals surface area contributed by atoms with Gasteiger partial charge in [-0.15, -0.1) is 0 Å². The lowest BCUT2D eigenvalue weighted by Gasteiger charge is -2.34. The molecule has 1 fully saturated rings. The molecular formula is C37H39Cl2N3O5S. The number of nitrogens with one attached hydrogen (secondary N) is 1. The molecule has 1 saturated carbocycles. The molecule has 11 heteroatoms. The Labute approximate surface area is 292 Å². The van der Waals surface area contributed by atoms with Crippen LogP contribution in [-0.2, 0) is 32.6 Å². The number of nitrogens with zero attached hydrogens (tertiary/aromatic N) is 2. The molecule has 0 radical (unpaired) electrons. The summed E-state index contributed by atoms with van der Waals surface area (Å²) in [5, 5.41) is 3.85. The van der Waals surface area contributed by atoms with Gasteiger partial charge in [0.05, 0.1) is 17.7 Å². The van der Waals surface area contributed by atoms with Crippen molar-refractivity contribution < 1.29 is 22.7 Å². The van der Waals surface area contributed by atoms with Gasteiger partial charge in [-0.3, -0.25) is 13.9 Å². The predicted octanol–water partition coefficient (Wildman–Crippen LogP) is 7.20. The number of anilines is 1. The third-order valence-electron chi connectivity index (χ3n) is 8.57. The standard InChI is InChI=1S/C37H39Cl2N3O5S/c1-26-16-19-31(20-17-26)48(45,46)42(33-23-29(38)18-21-35(33)47-2)25-36(43)41(24-28-12-6-9-15-32(28)39)34(22-27-10-4-3-5-11-27)37(44)40-30-13-7-8-14-30/h3-6,9-12,15-21,23,30,34H,7-8,13-14,22,24-25H2,1-2H3,(H,40,44)/t34-/m1/s1. The summed E-state index contributed by atoms with van der Waals surface area (Å²) in [6, 6.07) is 26.5. The van der Waals surface area contributed by atoms with Crippen LogP contribution in [0.15, 0.2) is 102 Å². The molecule has 0 bridgehead atoms. The Morgan fingerprint density at radius 2 is 1.58 bits per heavy atom. The highest BCUT2D eigenvalue weighted by atomic mass is 35.5. The van der Waals surface area contributed by atoms with Gasteiger partial charge in [-0.25, -0.2) is 8.42 Å². The number of hydrogen-bond acceptors (Lipinski definition) is 5. The van der Waals surface area contributed by atoms with Gasteiger partial charge in [0.1, 0.15) is 18.3 Å². The van der Waals surface area contributed by atoms with E-state index in [1.165, 1.54) is 30.2 Å². The summed E-state index contributed by atoms with van der Waals surface area (Å²) in [7, 11) is -2.92. The minimum Gasteiger partial charge on any atom is -0.495 e.